The highest BCUT2D eigenvalue weighted by molar-refractivity contribution is 7.90. The summed E-state index contributed by atoms with van der Waals surface area (Å²) >= 11 is 0. The summed E-state index contributed by atoms with van der Waals surface area (Å²) in [5.74, 6) is 0. The van der Waals surface area contributed by atoms with Crippen LogP contribution >= 0.6 is 0 Å². The van der Waals surface area contributed by atoms with Gasteiger partial charge in [-0.25, -0.2) is 26.3 Å². The average Bonchev–Trinajstić information content (AvgIpc) is 3.45. The lowest BCUT2D eigenvalue weighted by Gasteiger charge is -2.36. The average molecular weight is 421 g/mol. The van der Waals surface area contributed by atoms with Gasteiger partial charge in [0.15, 0.2) is 0 Å². The minimum atomic E-state index is -3.90. The van der Waals surface area contributed by atoms with Crippen LogP contribution in [-0.2, 0) is 32.0 Å². The quantitative estimate of drug-likeness (QED) is 0.751. The zero-order valence-corrected chi connectivity index (χ0v) is 17.3. The molecule has 1 unspecified atom stereocenters. The fraction of sp³-hybridized carbons (Fsp3) is 0.400. The highest BCUT2D eigenvalue weighted by Crippen LogP contribution is 2.36. The van der Waals surface area contributed by atoms with Crippen molar-refractivity contribution in [2.75, 3.05) is 0 Å². The summed E-state index contributed by atoms with van der Waals surface area (Å²) in [4.78, 5) is -0.0769. The largest absolute Gasteiger partial charge is 0.241 e. The molecule has 2 aromatic carbocycles. The first-order chi connectivity index (χ1) is 13.2. The summed E-state index contributed by atoms with van der Waals surface area (Å²) in [5, 5.41) is 0. The molecule has 0 saturated heterocycles. The Morgan fingerprint density at radius 3 is 2.32 bits per heavy atom. The molecule has 150 valence electrons. The molecule has 2 aliphatic rings. The van der Waals surface area contributed by atoms with E-state index in [-0.39, 0.29) is 15.8 Å². The molecule has 0 aliphatic heterocycles. The first kappa shape index (κ1) is 19.6. The number of rotatable bonds is 6. The van der Waals surface area contributed by atoms with Crippen molar-refractivity contribution in [3.63, 3.8) is 0 Å². The van der Waals surface area contributed by atoms with Gasteiger partial charge in [-0.05, 0) is 68.4 Å². The molecule has 1 fully saturated rings. The van der Waals surface area contributed by atoms with Crippen LogP contribution < -0.4 is 9.44 Å². The van der Waals surface area contributed by atoms with Crippen LogP contribution in [0, 0.1) is 0 Å². The van der Waals surface area contributed by atoms with Gasteiger partial charge in [0, 0.05) is 6.04 Å². The number of sulfonamides is 2. The van der Waals surface area contributed by atoms with Gasteiger partial charge in [-0.3, -0.25) is 0 Å². The summed E-state index contributed by atoms with van der Waals surface area (Å²) in [6.07, 6.45) is 4.13. The van der Waals surface area contributed by atoms with Crippen molar-refractivity contribution in [3.05, 3.63) is 59.7 Å². The second kappa shape index (κ2) is 6.95. The SMILES string of the molecule is CC1(NS(=O)(=O)c2cccc(S(=O)(=O)NC3CC3)c2)CCCc2ccccc21. The Hall–Kier alpha value is -1.74. The molecule has 1 atom stereocenters. The maximum atomic E-state index is 13.1. The molecule has 6 nitrogen and oxygen atoms in total. The Morgan fingerprint density at radius 1 is 0.929 bits per heavy atom. The zero-order valence-electron chi connectivity index (χ0n) is 15.7. The first-order valence-corrected chi connectivity index (χ1v) is 12.4. The Kier molecular flexibility index (Phi) is 4.86. The summed E-state index contributed by atoms with van der Waals surface area (Å²) in [5.41, 5.74) is 1.39. The Labute approximate surface area is 166 Å². The number of benzene rings is 2. The maximum Gasteiger partial charge on any atom is 0.241 e. The number of nitrogens with one attached hydrogen (secondary N) is 2. The van der Waals surface area contributed by atoms with Crippen molar-refractivity contribution in [2.45, 2.75) is 60.4 Å². The van der Waals surface area contributed by atoms with Gasteiger partial charge >= 0.3 is 0 Å². The van der Waals surface area contributed by atoms with Crippen LogP contribution in [-0.4, -0.2) is 22.9 Å². The Morgan fingerprint density at radius 2 is 1.61 bits per heavy atom. The molecule has 0 bridgehead atoms. The van der Waals surface area contributed by atoms with Gasteiger partial charge in [0.05, 0.1) is 15.3 Å². The smallest absolute Gasteiger partial charge is 0.208 e. The standard InChI is InChI=1S/C20H24N2O4S2/c1-20(13-5-7-15-6-2-3-10-19(15)20)22-28(25,26)18-9-4-8-17(14-18)27(23,24)21-16-11-12-16/h2-4,6,8-10,14,16,21-22H,5,7,11-13H2,1H3. The molecule has 0 spiro atoms. The Bertz CT molecular complexity index is 1110. The fourth-order valence-corrected chi connectivity index (χ4v) is 6.69. The van der Waals surface area contributed by atoms with Crippen molar-refractivity contribution in [2.24, 2.45) is 0 Å². The molecular weight excluding hydrogens is 396 g/mol. The van der Waals surface area contributed by atoms with Gasteiger partial charge in [-0.1, -0.05) is 30.3 Å². The molecule has 4 rings (SSSR count). The van der Waals surface area contributed by atoms with E-state index < -0.39 is 25.6 Å². The molecule has 2 aliphatic carbocycles. The summed E-state index contributed by atoms with van der Waals surface area (Å²) in [6, 6.07) is 13.3. The maximum absolute atomic E-state index is 13.1. The second-order valence-corrected chi connectivity index (χ2v) is 11.2. The molecular formula is C20H24N2O4S2. The van der Waals surface area contributed by atoms with Gasteiger partial charge in [0.2, 0.25) is 20.0 Å². The van der Waals surface area contributed by atoms with Crippen LogP contribution in [0.4, 0.5) is 0 Å². The van der Waals surface area contributed by atoms with Crippen LogP contribution in [0.15, 0.2) is 58.3 Å². The lowest BCUT2D eigenvalue weighted by molar-refractivity contribution is 0.366. The summed E-state index contributed by atoms with van der Waals surface area (Å²) < 4.78 is 56.5. The highest BCUT2D eigenvalue weighted by Gasteiger charge is 2.36. The van der Waals surface area contributed by atoms with E-state index in [0.29, 0.717) is 6.42 Å². The lowest BCUT2D eigenvalue weighted by Crippen LogP contribution is -2.45. The molecule has 28 heavy (non-hydrogen) atoms. The van der Waals surface area contributed by atoms with E-state index in [0.717, 1.165) is 36.8 Å². The van der Waals surface area contributed by atoms with Gasteiger partial charge in [-0.2, -0.15) is 0 Å². The minimum absolute atomic E-state index is 0.0310. The number of hydrogen-bond acceptors (Lipinski definition) is 4. The summed E-state index contributed by atoms with van der Waals surface area (Å²) in [6.45, 7) is 1.89. The third kappa shape index (κ3) is 3.87. The predicted molar refractivity (Wildman–Crippen MR) is 107 cm³/mol. The van der Waals surface area contributed by atoms with Crippen molar-refractivity contribution in [3.8, 4) is 0 Å². The lowest BCUT2D eigenvalue weighted by atomic mass is 9.79. The van der Waals surface area contributed by atoms with E-state index in [1.807, 2.05) is 31.2 Å². The number of aryl methyl sites for hydroxylation is 1. The van der Waals surface area contributed by atoms with Gasteiger partial charge in [0.25, 0.3) is 0 Å². The molecule has 0 aromatic heterocycles. The van der Waals surface area contributed by atoms with E-state index in [1.165, 1.54) is 24.3 Å². The molecule has 0 amide bonds. The van der Waals surface area contributed by atoms with Crippen LogP contribution in [0.5, 0.6) is 0 Å². The van der Waals surface area contributed by atoms with Crippen LogP contribution in [0.25, 0.3) is 0 Å². The summed E-state index contributed by atoms with van der Waals surface area (Å²) in [7, 11) is -7.62. The fourth-order valence-electron chi connectivity index (χ4n) is 3.80. The van der Waals surface area contributed by atoms with Gasteiger partial charge < -0.3 is 0 Å². The second-order valence-electron chi connectivity index (χ2n) is 7.82. The van der Waals surface area contributed by atoms with Crippen LogP contribution in [0.1, 0.15) is 43.7 Å². The van der Waals surface area contributed by atoms with E-state index >= 15 is 0 Å². The van der Waals surface area contributed by atoms with Gasteiger partial charge in [0.1, 0.15) is 0 Å². The Balaban J connectivity index is 1.65. The minimum Gasteiger partial charge on any atom is -0.208 e. The van der Waals surface area contributed by atoms with E-state index in [9.17, 15) is 16.8 Å². The molecule has 1 saturated carbocycles. The molecule has 2 aromatic rings. The van der Waals surface area contributed by atoms with Crippen LogP contribution in [0.3, 0.4) is 0 Å². The van der Waals surface area contributed by atoms with E-state index in [1.54, 1.807) is 0 Å². The van der Waals surface area contributed by atoms with Crippen molar-refractivity contribution in [1.82, 2.24) is 9.44 Å². The van der Waals surface area contributed by atoms with Crippen molar-refractivity contribution in [1.29, 1.82) is 0 Å². The zero-order chi connectivity index (χ0) is 20.0. The topological polar surface area (TPSA) is 92.3 Å². The molecule has 0 heterocycles. The monoisotopic (exact) mass is 420 g/mol. The van der Waals surface area contributed by atoms with E-state index in [2.05, 4.69) is 9.44 Å². The van der Waals surface area contributed by atoms with E-state index in [4.69, 9.17) is 0 Å². The first-order valence-electron chi connectivity index (χ1n) is 9.44. The third-order valence-corrected chi connectivity index (χ3v) is 8.53. The molecule has 8 heteroatoms. The molecule has 2 N–H and O–H groups in total. The molecule has 0 radical (unpaired) electrons. The number of fused-ring (bicyclic) bond motifs is 1. The highest BCUT2D eigenvalue weighted by atomic mass is 32.2. The van der Waals surface area contributed by atoms with Crippen LogP contribution in [0.2, 0.25) is 0 Å². The predicted octanol–water partition coefficient (Wildman–Crippen LogP) is 2.66. The van der Waals surface area contributed by atoms with Gasteiger partial charge in [-0.15, -0.1) is 0 Å². The number of hydrogen-bond donors (Lipinski definition) is 2. The van der Waals surface area contributed by atoms with Crippen molar-refractivity contribution >= 4 is 20.0 Å². The van der Waals surface area contributed by atoms with Crippen molar-refractivity contribution < 1.29 is 16.8 Å². The normalized spacial score (nSPS) is 22.6. The third-order valence-electron chi connectivity index (χ3n) is 5.42.